The minimum Gasteiger partial charge on any atom is -0.356 e. The summed E-state index contributed by atoms with van der Waals surface area (Å²) in [6.45, 7) is 6.41. The van der Waals surface area contributed by atoms with E-state index < -0.39 is 0 Å². The number of rotatable bonds is 6. The zero-order valence-corrected chi connectivity index (χ0v) is 18.4. The molecule has 3 heterocycles. The molecular weight excluding hydrogens is 390 g/mol. The van der Waals surface area contributed by atoms with Crippen molar-refractivity contribution < 1.29 is 9.59 Å². The summed E-state index contributed by atoms with van der Waals surface area (Å²) >= 11 is 0. The minimum absolute atomic E-state index is 0.0230. The van der Waals surface area contributed by atoms with Crippen LogP contribution in [0.4, 0.5) is 0 Å². The van der Waals surface area contributed by atoms with Gasteiger partial charge < -0.3 is 10.2 Å². The summed E-state index contributed by atoms with van der Waals surface area (Å²) < 4.78 is 1.73. The van der Waals surface area contributed by atoms with Gasteiger partial charge in [-0.2, -0.15) is 5.10 Å². The fraction of sp³-hybridized carbons (Fsp3) is 0.542. The van der Waals surface area contributed by atoms with Crippen molar-refractivity contribution in [1.82, 2.24) is 24.9 Å². The maximum Gasteiger partial charge on any atom is 0.257 e. The lowest BCUT2D eigenvalue weighted by Crippen LogP contribution is -2.64. The number of carbonyl (C=O) groups excluding carboxylic acids is 2. The number of benzene rings is 1. The Morgan fingerprint density at radius 3 is 2.55 bits per heavy atom. The van der Waals surface area contributed by atoms with Crippen LogP contribution in [-0.2, 0) is 18.4 Å². The highest BCUT2D eigenvalue weighted by Gasteiger charge is 2.58. The highest BCUT2D eigenvalue weighted by molar-refractivity contribution is 5.96. The summed E-state index contributed by atoms with van der Waals surface area (Å²) in [6, 6.07) is 10.4. The van der Waals surface area contributed by atoms with E-state index in [9.17, 15) is 9.59 Å². The molecule has 1 aromatic carbocycles. The van der Waals surface area contributed by atoms with Gasteiger partial charge in [-0.05, 0) is 31.2 Å². The third-order valence-electron chi connectivity index (χ3n) is 7.31. The van der Waals surface area contributed by atoms with Crippen molar-refractivity contribution in [2.24, 2.45) is 24.3 Å². The number of carbonyl (C=O) groups is 2. The second-order valence-corrected chi connectivity index (χ2v) is 9.69. The van der Waals surface area contributed by atoms with Crippen molar-refractivity contribution in [2.45, 2.75) is 26.3 Å². The summed E-state index contributed by atoms with van der Waals surface area (Å²) in [5.41, 5.74) is 2.64. The van der Waals surface area contributed by atoms with Crippen LogP contribution < -0.4 is 5.32 Å². The number of hydrogen-bond donors (Lipinski definition) is 1. The van der Waals surface area contributed by atoms with E-state index in [1.54, 1.807) is 10.9 Å². The average Bonchev–Trinajstić information content (AvgIpc) is 3.41. The first-order valence-corrected chi connectivity index (χ1v) is 11.3. The number of nitrogens with one attached hydrogen (secondary N) is 1. The van der Waals surface area contributed by atoms with Crippen LogP contribution in [0, 0.1) is 24.2 Å². The highest BCUT2D eigenvalue weighted by Crippen LogP contribution is 2.45. The molecule has 2 aliphatic heterocycles. The molecule has 1 aromatic heterocycles. The molecule has 1 saturated carbocycles. The van der Waals surface area contributed by atoms with Gasteiger partial charge in [0.05, 0.1) is 17.7 Å². The van der Waals surface area contributed by atoms with E-state index >= 15 is 0 Å². The summed E-state index contributed by atoms with van der Waals surface area (Å²) in [5.74, 6) is 0.769. The molecule has 3 aliphatic rings. The van der Waals surface area contributed by atoms with Crippen LogP contribution in [0.3, 0.4) is 0 Å². The van der Waals surface area contributed by atoms with Gasteiger partial charge in [0.2, 0.25) is 5.91 Å². The average molecular weight is 422 g/mol. The van der Waals surface area contributed by atoms with Gasteiger partial charge in [0.15, 0.2) is 0 Å². The molecule has 1 unspecified atom stereocenters. The van der Waals surface area contributed by atoms with E-state index in [2.05, 4.69) is 39.6 Å². The van der Waals surface area contributed by atoms with Gasteiger partial charge in [-0.25, -0.2) is 0 Å². The standard InChI is InChI=1S/C24H31N5O2/c1-17-20(11-26-27(17)2)23(31)29-15-24(16-29)14-28(12-19-6-4-3-5-7-19)13-21(24)22(30)25-10-18-8-9-18/h3-7,11,18,21H,8-10,12-16H2,1-2H3,(H,25,30). The number of hydrogen-bond acceptors (Lipinski definition) is 4. The normalized spacial score (nSPS) is 22.5. The Morgan fingerprint density at radius 2 is 1.90 bits per heavy atom. The molecular formula is C24H31N5O2. The third kappa shape index (κ3) is 3.87. The number of aryl methyl sites for hydroxylation is 1. The van der Waals surface area contributed by atoms with Crippen molar-refractivity contribution >= 4 is 11.8 Å². The molecule has 164 valence electrons. The predicted molar refractivity (Wildman–Crippen MR) is 117 cm³/mol. The zero-order valence-electron chi connectivity index (χ0n) is 18.4. The van der Waals surface area contributed by atoms with Gasteiger partial charge in [0, 0.05) is 57.4 Å². The van der Waals surface area contributed by atoms with Crippen molar-refractivity contribution in [3.63, 3.8) is 0 Å². The molecule has 31 heavy (non-hydrogen) atoms. The van der Waals surface area contributed by atoms with Gasteiger partial charge >= 0.3 is 0 Å². The Kier molecular flexibility index (Phi) is 5.08. The topological polar surface area (TPSA) is 70.5 Å². The molecule has 1 atom stereocenters. The van der Waals surface area contributed by atoms with Gasteiger partial charge in [-0.1, -0.05) is 30.3 Å². The molecule has 0 radical (unpaired) electrons. The number of likely N-dealkylation sites (tertiary alicyclic amines) is 2. The van der Waals surface area contributed by atoms with Crippen molar-refractivity contribution in [1.29, 1.82) is 0 Å². The Bertz CT molecular complexity index is 975. The van der Waals surface area contributed by atoms with Gasteiger partial charge in [-0.3, -0.25) is 19.2 Å². The molecule has 1 spiro atoms. The van der Waals surface area contributed by atoms with Crippen molar-refractivity contribution in [3.8, 4) is 0 Å². The Hall–Kier alpha value is -2.67. The molecule has 5 rings (SSSR count). The quantitative estimate of drug-likeness (QED) is 0.773. The Morgan fingerprint density at radius 1 is 1.16 bits per heavy atom. The minimum atomic E-state index is -0.159. The van der Waals surface area contributed by atoms with E-state index in [-0.39, 0.29) is 23.1 Å². The van der Waals surface area contributed by atoms with Crippen molar-refractivity contribution in [3.05, 3.63) is 53.3 Å². The molecule has 2 amide bonds. The second kappa shape index (κ2) is 7.79. The molecule has 0 bridgehead atoms. The monoisotopic (exact) mass is 421 g/mol. The van der Waals surface area contributed by atoms with E-state index in [1.165, 1.54) is 18.4 Å². The number of nitrogens with zero attached hydrogens (tertiary/aromatic N) is 4. The van der Waals surface area contributed by atoms with Crippen LogP contribution >= 0.6 is 0 Å². The van der Waals surface area contributed by atoms with Crippen molar-refractivity contribution in [2.75, 3.05) is 32.7 Å². The summed E-state index contributed by atoms with van der Waals surface area (Å²) in [6.07, 6.45) is 4.10. The third-order valence-corrected chi connectivity index (χ3v) is 7.31. The van der Waals surface area contributed by atoms with Gasteiger partial charge in [0.1, 0.15) is 0 Å². The van der Waals surface area contributed by atoms with Crippen LogP contribution in [0.2, 0.25) is 0 Å². The second-order valence-electron chi connectivity index (χ2n) is 9.69. The van der Waals surface area contributed by atoms with E-state index in [1.807, 2.05) is 24.9 Å². The van der Waals surface area contributed by atoms with Crippen LogP contribution in [-0.4, -0.2) is 64.1 Å². The SMILES string of the molecule is Cc1c(C(=O)N2CC3(CN(Cc4ccccc4)CC3C(=O)NCC3CC3)C2)cnn1C. The van der Waals surface area contributed by atoms with E-state index in [0.29, 0.717) is 24.6 Å². The Labute approximate surface area is 183 Å². The van der Waals surface area contributed by atoms with Crippen LogP contribution in [0.25, 0.3) is 0 Å². The van der Waals surface area contributed by atoms with Gasteiger partial charge in [0.25, 0.3) is 5.91 Å². The smallest absolute Gasteiger partial charge is 0.257 e. The number of amides is 2. The molecule has 1 N–H and O–H groups in total. The molecule has 7 heteroatoms. The van der Waals surface area contributed by atoms with Gasteiger partial charge in [-0.15, -0.1) is 0 Å². The van der Waals surface area contributed by atoms with Crippen LogP contribution in [0.1, 0.15) is 34.5 Å². The molecule has 1 aliphatic carbocycles. The molecule has 2 saturated heterocycles. The fourth-order valence-corrected chi connectivity index (χ4v) is 5.14. The first kappa shape index (κ1) is 20.2. The zero-order chi connectivity index (χ0) is 21.6. The summed E-state index contributed by atoms with van der Waals surface area (Å²) in [5, 5.41) is 7.41. The van der Waals surface area contributed by atoms with Crippen LogP contribution in [0.15, 0.2) is 36.5 Å². The van der Waals surface area contributed by atoms with E-state index in [0.717, 1.165) is 31.9 Å². The maximum absolute atomic E-state index is 13.1. The Balaban J connectivity index is 1.30. The largest absolute Gasteiger partial charge is 0.356 e. The lowest BCUT2D eigenvalue weighted by atomic mass is 9.71. The first-order chi connectivity index (χ1) is 14.9. The lowest BCUT2D eigenvalue weighted by Gasteiger charge is -2.50. The van der Waals surface area contributed by atoms with E-state index in [4.69, 9.17) is 0 Å². The molecule has 2 aromatic rings. The molecule has 3 fully saturated rings. The number of aromatic nitrogens is 2. The highest BCUT2D eigenvalue weighted by atomic mass is 16.2. The predicted octanol–water partition coefficient (Wildman–Crippen LogP) is 1.83. The fourth-order valence-electron chi connectivity index (χ4n) is 5.14. The first-order valence-electron chi connectivity index (χ1n) is 11.3. The maximum atomic E-state index is 13.1. The summed E-state index contributed by atoms with van der Waals surface area (Å²) in [7, 11) is 1.85. The van der Waals surface area contributed by atoms with Crippen LogP contribution in [0.5, 0.6) is 0 Å². The lowest BCUT2D eigenvalue weighted by molar-refractivity contribution is -0.131. The summed E-state index contributed by atoms with van der Waals surface area (Å²) in [4.78, 5) is 30.4. The molecule has 7 nitrogen and oxygen atoms in total.